The molecule has 0 aliphatic heterocycles. The molecule has 0 unspecified atom stereocenters. The van der Waals surface area contributed by atoms with Crippen molar-refractivity contribution in [1.82, 2.24) is 9.78 Å². The highest BCUT2D eigenvalue weighted by atomic mass is 127. The van der Waals surface area contributed by atoms with Gasteiger partial charge >= 0.3 is 0 Å². The molecule has 0 spiro atoms. The van der Waals surface area contributed by atoms with Gasteiger partial charge in [-0.3, -0.25) is 4.79 Å². The number of halogens is 1. The molecule has 0 amide bonds. The van der Waals surface area contributed by atoms with Gasteiger partial charge in [0.1, 0.15) is 0 Å². The predicted molar refractivity (Wildman–Crippen MR) is 71.5 cm³/mol. The third-order valence-corrected chi connectivity index (χ3v) is 2.84. The Morgan fingerprint density at radius 1 is 1.38 bits per heavy atom. The molecule has 2 rings (SSSR count). The van der Waals surface area contributed by atoms with Crippen molar-refractivity contribution in [1.29, 1.82) is 0 Å². The summed E-state index contributed by atoms with van der Waals surface area (Å²) in [6.07, 6.45) is 1.69. The van der Waals surface area contributed by atoms with E-state index in [1.54, 1.807) is 12.3 Å². The standard InChI is InChI=1S/C12H11IN2O/c1-9-3-2-4-10(5-9)8-15-12(16)6-11(13)7-14-15/h2-7H,8H2,1H3. The molecule has 2 aromatic rings. The van der Waals surface area contributed by atoms with Crippen LogP contribution in [0.1, 0.15) is 11.1 Å². The Bertz CT molecular complexity index is 563. The maximum Gasteiger partial charge on any atom is 0.268 e. The van der Waals surface area contributed by atoms with Crippen LogP contribution in [-0.4, -0.2) is 9.78 Å². The molecule has 82 valence electrons. The van der Waals surface area contributed by atoms with Gasteiger partial charge in [0, 0.05) is 9.64 Å². The summed E-state index contributed by atoms with van der Waals surface area (Å²) in [6.45, 7) is 2.56. The maximum atomic E-state index is 11.6. The average molecular weight is 326 g/mol. The molecular formula is C12H11IN2O. The minimum atomic E-state index is -0.0617. The molecule has 0 saturated heterocycles. The van der Waals surface area contributed by atoms with E-state index in [1.807, 2.05) is 25.1 Å². The molecule has 4 heteroatoms. The summed E-state index contributed by atoms with van der Waals surface area (Å²) in [5.41, 5.74) is 2.22. The van der Waals surface area contributed by atoms with E-state index in [1.165, 1.54) is 10.2 Å². The van der Waals surface area contributed by atoms with Crippen LogP contribution in [0.15, 0.2) is 41.3 Å². The minimum absolute atomic E-state index is 0.0617. The SMILES string of the molecule is Cc1cccc(Cn2ncc(I)cc2=O)c1. The molecule has 1 heterocycles. The first kappa shape index (κ1) is 11.3. The van der Waals surface area contributed by atoms with Gasteiger partial charge in [-0.2, -0.15) is 5.10 Å². The number of rotatable bonds is 2. The first-order valence-corrected chi connectivity index (χ1v) is 6.01. The van der Waals surface area contributed by atoms with Crippen molar-refractivity contribution in [2.45, 2.75) is 13.5 Å². The van der Waals surface area contributed by atoms with Gasteiger partial charge in [-0.15, -0.1) is 0 Å². The van der Waals surface area contributed by atoms with Crippen molar-refractivity contribution in [2.75, 3.05) is 0 Å². The number of aromatic nitrogens is 2. The van der Waals surface area contributed by atoms with Crippen LogP contribution >= 0.6 is 22.6 Å². The number of hydrogen-bond acceptors (Lipinski definition) is 2. The van der Waals surface area contributed by atoms with Gasteiger partial charge in [-0.25, -0.2) is 4.68 Å². The molecule has 0 atom stereocenters. The zero-order chi connectivity index (χ0) is 11.5. The van der Waals surface area contributed by atoms with E-state index in [0.29, 0.717) is 6.54 Å². The Balaban J connectivity index is 2.31. The summed E-state index contributed by atoms with van der Waals surface area (Å²) in [7, 11) is 0. The van der Waals surface area contributed by atoms with Gasteiger partial charge in [0.05, 0.1) is 12.7 Å². The second-order valence-electron chi connectivity index (χ2n) is 3.66. The van der Waals surface area contributed by atoms with E-state index in [-0.39, 0.29) is 5.56 Å². The summed E-state index contributed by atoms with van der Waals surface area (Å²) in [5.74, 6) is 0. The third kappa shape index (κ3) is 2.69. The van der Waals surface area contributed by atoms with Crippen molar-refractivity contribution >= 4 is 22.6 Å². The minimum Gasteiger partial charge on any atom is -0.268 e. The van der Waals surface area contributed by atoms with Crippen LogP contribution in [0.4, 0.5) is 0 Å². The molecule has 0 fully saturated rings. The molecule has 0 radical (unpaired) electrons. The lowest BCUT2D eigenvalue weighted by Crippen LogP contribution is -2.22. The molecule has 0 aliphatic rings. The van der Waals surface area contributed by atoms with Crippen LogP contribution in [-0.2, 0) is 6.54 Å². The fourth-order valence-corrected chi connectivity index (χ4v) is 1.90. The fraction of sp³-hybridized carbons (Fsp3) is 0.167. The molecule has 16 heavy (non-hydrogen) atoms. The Morgan fingerprint density at radius 3 is 2.88 bits per heavy atom. The Morgan fingerprint density at radius 2 is 2.19 bits per heavy atom. The number of benzene rings is 1. The van der Waals surface area contributed by atoms with Crippen LogP contribution < -0.4 is 5.56 Å². The van der Waals surface area contributed by atoms with Crippen molar-refractivity contribution < 1.29 is 0 Å². The molecule has 3 nitrogen and oxygen atoms in total. The summed E-state index contributed by atoms with van der Waals surface area (Å²) >= 11 is 2.08. The summed E-state index contributed by atoms with van der Waals surface area (Å²) in [4.78, 5) is 11.6. The van der Waals surface area contributed by atoms with Crippen molar-refractivity contribution in [2.24, 2.45) is 0 Å². The van der Waals surface area contributed by atoms with Crippen LogP contribution in [0.3, 0.4) is 0 Å². The van der Waals surface area contributed by atoms with E-state index in [2.05, 4.69) is 33.8 Å². The van der Waals surface area contributed by atoms with E-state index >= 15 is 0 Å². The predicted octanol–water partition coefficient (Wildman–Crippen LogP) is 2.20. The van der Waals surface area contributed by atoms with Crippen LogP contribution in [0.5, 0.6) is 0 Å². The monoisotopic (exact) mass is 326 g/mol. The quantitative estimate of drug-likeness (QED) is 0.793. The van der Waals surface area contributed by atoms with Gasteiger partial charge in [-0.1, -0.05) is 29.8 Å². The summed E-state index contributed by atoms with van der Waals surface area (Å²) < 4.78 is 2.33. The normalized spacial score (nSPS) is 10.4. The van der Waals surface area contributed by atoms with Gasteiger partial charge in [0.2, 0.25) is 0 Å². The molecule has 0 aliphatic carbocycles. The maximum absolute atomic E-state index is 11.6. The highest BCUT2D eigenvalue weighted by molar-refractivity contribution is 14.1. The Hall–Kier alpha value is -1.17. The van der Waals surface area contributed by atoms with Crippen molar-refractivity contribution in [3.63, 3.8) is 0 Å². The molecule has 1 aromatic carbocycles. The topological polar surface area (TPSA) is 34.9 Å². The van der Waals surface area contributed by atoms with E-state index in [9.17, 15) is 4.79 Å². The van der Waals surface area contributed by atoms with E-state index in [4.69, 9.17) is 0 Å². The van der Waals surface area contributed by atoms with Crippen LogP contribution in [0.25, 0.3) is 0 Å². The summed E-state index contributed by atoms with van der Waals surface area (Å²) in [5, 5.41) is 4.10. The molecule has 1 aromatic heterocycles. The van der Waals surface area contributed by atoms with Gasteiger partial charge in [-0.05, 0) is 35.1 Å². The zero-order valence-corrected chi connectivity index (χ0v) is 11.0. The Labute approximate surface area is 107 Å². The number of aryl methyl sites for hydroxylation is 1. The number of nitrogens with zero attached hydrogens (tertiary/aromatic N) is 2. The largest absolute Gasteiger partial charge is 0.268 e. The third-order valence-electron chi connectivity index (χ3n) is 2.25. The fourth-order valence-electron chi connectivity index (χ4n) is 1.51. The van der Waals surface area contributed by atoms with Gasteiger partial charge < -0.3 is 0 Å². The van der Waals surface area contributed by atoms with Crippen molar-refractivity contribution in [3.8, 4) is 0 Å². The lowest BCUT2D eigenvalue weighted by atomic mass is 10.1. The Kier molecular flexibility index (Phi) is 3.38. The number of hydrogen-bond donors (Lipinski definition) is 0. The average Bonchev–Trinajstić information content (AvgIpc) is 2.22. The molecule has 0 saturated carbocycles. The van der Waals surface area contributed by atoms with E-state index in [0.717, 1.165) is 9.13 Å². The lowest BCUT2D eigenvalue weighted by molar-refractivity contribution is 0.636. The smallest absolute Gasteiger partial charge is 0.268 e. The zero-order valence-electron chi connectivity index (χ0n) is 8.85. The summed E-state index contributed by atoms with van der Waals surface area (Å²) in [6, 6.07) is 9.67. The molecular weight excluding hydrogens is 315 g/mol. The lowest BCUT2D eigenvalue weighted by Gasteiger charge is -2.04. The second kappa shape index (κ2) is 4.78. The van der Waals surface area contributed by atoms with Crippen molar-refractivity contribution in [3.05, 3.63) is 61.6 Å². The molecule has 0 bridgehead atoms. The van der Waals surface area contributed by atoms with Crippen LogP contribution in [0.2, 0.25) is 0 Å². The van der Waals surface area contributed by atoms with Gasteiger partial charge in [0.15, 0.2) is 0 Å². The van der Waals surface area contributed by atoms with Crippen LogP contribution in [0, 0.1) is 10.5 Å². The highest BCUT2D eigenvalue weighted by Crippen LogP contribution is 2.05. The first-order valence-electron chi connectivity index (χ1n) is 4.93. The van der Waals surface area contributed by atoms with E-state index < -0.39 is 0 Å². The second-order valence-corrected chi connectivity index (χ2v) is 4.90. The van der Waals surface area contributed by atoms with Gasteiger partial charge in [0.25, 0.3) is 5.56 Å². The first-order chi connectivity index (χ1) is 7.65. The molecule has 0 N–H and O–H groups in total. The highest BCUT2D eigenvalue weighted by Gasteiger charge is 2.00.